The normalized spacial score (nSPS) is 22.4. The number of nitrogens with one attached hydrogen (secondary N) is 1. The summed E-state index contributed by atoms with van der Waals surface area (Å²) >= 11 is 0. The fraction of sp³-hybridized carbons (Fsp3) is 0.636. The monoisotopic (exact) mass is 401 g/mol. The zero-order chi connectivity index (χ0) is 20.1. The Balaban J connectivity index is 1.21. The van der Waals surface area contributed by atoms with Gasteiger partial charge in [-0.05, 0) is 49.8 Å². The molecule has 1 saturated carbocycles. The second kappa shape index (κ2) is 9.59. The van der Waals surface area contributed by atoms with Gasteiger partial charge in [-0.25, -0.2) is 4.79 Å². The van der Waals surface area contributed by atoms with Gasteiger partial charge in [0.15, 0.2) is 0 Å². The van der Waals surface area contributed by atoms with E-state index in [1.807, 2.05) is 29.2 Å². The minimum atomic E-state index is -0.114. The molecule has 1 aromatic carbocycles. The average Bonchev–Trinajstić information content (AvgIpc) is 3.60. The van der Waals surface area contributed by atoms with Gasteiger partial charge >= 0.3 is 6.03 Å². The molecule has 3 aliphatic rings. The molecule has 1 unspecified atom stereocenters. The number of nitrogens with zero attached hydrogens (tertiary/aromatic N) is 2. The Morgan fingerprint density at radius 2 is 1.86 bits per heavy atom. The van der Waals surface area contributed by atoms with Gasteiger partial charge in [0.2, 0.25) is 5.91 Å². The van der Waals surface area contributed by atoms with E-state index in [1.54, 1.807) is 4.90 Å². The van der Waals surface area contributed by atoms with Crippen LogP contribution in [0.5, 0.6) is 0 Å². The lowest BCUT2D eigenvalue weighted by Crippen LogP contribution is -2.52. The lowest BCUT2D eigenvalue weighted by Gasteiger charge is -2.34. The quantitative estimate of drug-likeness (QED) is 0.796. The summed E-state index contributed by atoms with van der Waals surface area (Å²) in [5, 5.41) is 2.97. The summed E-state index contributed by atoms with van der Waals surface area (Å²) in [4.78, 5) is 28.4. The van der Waals surface area contributed by atoms with Gasteiger partial charge in [0.05, 0.1) is 19.3 Å². The van der Waals surface area contributed by atoms with E-state index in [0.717, 1.165) is 43.5 Å². The lowest BCUT2D eigenvalue weighted by atomic mass is 10.1. The van der Waals surface area contributed by atoms with Crippen LogP contribution in [0.25, 0.3) is 0 Å². The zero-order valence-electron chi connectivity index (χ0n) is 17.0. The largest absolute Gasteiger partial charge is 0.376 e. The second-order valence-corrected chi connectivity index (χ2v) is 8.22. The van der Waals surface area contributed by atoms with Gasteiger partial charge in [-0.3, -0.25) is 4.79 Å². The number of urea groups is 1. The standard InChI is InChI=1S/C22H31N3O4/c26-21(18-7-8-18)24-9-11-25(12-10-24)22(27)23-19-5-3-4-17(14-19)15-28-16-20-6-1-2-13-29-20/h3-5,14,18,20H,1-2,6-13,15-16H2,(H,23,27). The molecule has 0 bridgehead atoms. The molecule has 2 aliphatic heterocycles. The smallest absolute Gasteiger partial charge is 0.321 e. The minimum Gasteiger partial charge on any atom is -0.376 e. The highest BCUT2D eigenvalue weighted by Crippen LogP contribution is 2.31. The van der Waals surface area contributed by atoms with E-state index in [2.05, 4.69) is 5.32 Å². The summed E-state index contributed by atoms with van der Waals surface area (Å²) in [5.74, 6) is 0.501. The Kier molecular flexibility index (Phi) is 6.67. The summed E-state index contributed by atoms with van der Waals surface area (Å²) in [6.45, 7) is 4.35. The second-order valence-electron chi connectivity index (χ2n) is 8.22. The van der Waals surface area contributed by atoms with Crippen molar-refractivity contribution in [3.63, 3.8) is 0 Å². The number of rotatable bonds is 6. The van der Waals surface area contributed by atoms with E-state index in [-0.39, 0.29) is 24.0 Å². The molecule has 0 spiro atoms. The molecule has 4 rings (SSSR count). The van der Waals surface area contributed by atoms with Gasteiger partial charge in [-0.15, -0.1) is 0 Å². The van der Waals surface area contributed by atoms with Gasteiger partial charge in [-0.1, -0.05) is 12.1 Å². The molecule has 1 aromatic rings. The number of anilines is 1. The summed E-state index contributed by atoms with van der Waals surface area (Å²) in [7, 11) is 0. The molecule has 29 heavy (non-hydrogen) atoms. The van der Waals surface area contributed by atoms with Gasteiger partial charge in [-0.2, -0.15) is 0 Å². The third-order valence-electron chi connectivity index (χ3n) is 5.83. The summed E-state index contributed by atoms with van der Waals surface area (Å²) in [6, 6.07) is 7.65. The van der Waals surface area contributed by atoms with E-state index in [0.29, 0.717) is 39.4 Å². The molecule has 158 valence electrons. The van der Waals surface area contributed by atoms with Crippen molar-refractivity contribution in [2.75, 3.05) is 44.7 Å². The molecular weight excluding hydrogens is 370 g/mol. The molecule has 7 nitrogen and oxygen atoms in total. The molecule has 3 fully saturated rings. The Hall–Kier alpha value is -2.12. The van der Waals surface area contributed by atoms with Crippen molar-refractivity contribution in [1.82, 2.24) is 9.80 Å². The van der Waals surface area contributed by atoms with Crippen LogP contribution in [0.4, 0.5) is 10.5 Å². The molecule has 1 N–H and O–H groups in total. The maximum atomic E-state index is 12.6. The van der Waals surface area contributed by atoms with Crippen LogP contribution in [0.15, 0.2) is 24.3 Å². The Bertz CT molecular complexity index is 708. The first-order valence-corrected chi connectivity index (χ1v) is 10.8. The van der Waals surface area contributed by atoms with Crippen molar-refractivity contribution in [3.8, 4) is 0 Å². The topological polar surface area (TPSA) is 71.1 Å². The lowest BCUT2D eigenvalue weighted by molar-refractivity contribution is -0.133. The van der Waals surface area contributed by atoms with E-state index >= 15 is 0 Å². The number of benzene rings is 1. The first-order chi connectivity index (χ1) is 14.2. The van der Waals surface area contributed by atoms with Crippen LogP contribution < -0.4 is 5.32 Å². The first kappa shape index (κ1) is 20.2. The molecular formula is C22H31N3O4. The van der Waals surface area contributed by atoms with Crippen LogP contribution in [-0.2, 0) is 20.9 Å². The molecule has 7 heteroatoms. The number of amides is 3. The summed E-state index contributed by atoms with van der Waals surface area (Å²) < 4.78 is 11.5. The average molecular weight is 402 g/mol. The number of piperazine rings is 1. The summed E-state index contributed by atoms with van der Waals surface area (Å²) in [5.41, 5.74) is 1.79. The fourth-order valence-corrected chi connectivity index (χ4v) is 3.91. The predicted molar refractivity (Wildman–Crippen MR) is 110 cm³/mol. The van der Waals surface area contributed by atoms with Crippen LogP contribution in [0.3, 0.4) is 0 Å². The molecule has 2 saturated heterocycles. The van der Waals surface area contributed by atoms with E-state index in [4.69, 9.17) is 9.47 Å². The number of hydrogen-bond acceptors (Lipinski definition) is 4. The predicted octanol–water partition coefficient (Wildman–Crippen LogP) is 2.86. The first-order valence-electron chi connectivity index (χ1n) is 10.8. The molecule has 1 atom stereocenters. The van der Waals surface area contributed by atoms with Crippen molar-refractivity contribution in [3.05, 3.63) is 29.8 Å². The van der Waals surface area contributed by atoms with Gasteiger partial charge < -0.3 is 24.6 Å². The third kappa shape index (κ3) is 5.70. The number of ether oxygens (including phenoxy) is 2. The Labute approximate surface area is 172 Å². The number of carbonyl (C=O) groups excluding carboxylic acids is 2. The van der Waals surface area contributed by atoms with Crippen LogP contribution in [0.1, 0.15) is 37.7 Å². The number of hydrogen-bond donors (Lipinski definition) is 1. The van der Waals surface area contributed by atoms with Gasteiger partial charge in [0.25, 0.3) is 0 Å². The van der Waals surface area contributed by atoms with Gasteiger partial charge in [0.1, 0.15) is 0 Å². The molecule has 1 aliphatic carbocycles. The van der Waals surface area contributed by atoms with Crippen LogP contribution in [-0.4, -0.2) is 67.2 Å². The highest BCUT2D eigenvalue weighted by atomic mass is 16.5. The third-order valence-corrected chi connectivity index (χ3v) is 5.83. The van der Waals surface area contributed by atoms with Crippen molar-refractivity contribution in [2.45, 2.75) is 44.8 Å². The van der Waals surface area contributed by atoms with Gasteiger partial charge in [0, 0.05) is 44.4 Å². The van der Waals surface area contributed by atoms with Crippen molar-refractivity contribution < 1.29 is 19.1 Å². The van der Waals surface area contributed by atoms with Crippen molar-refractivity contribution >= 4 is 17.6 Å². The number of carbonyl (C=O) groups is 2. The zero-order valence-corrected chi connectivity index (χ0v) is 17.0. The molecule has 3 amide bonds. The highest BCUT2D eigenvalue weighted by Gasteiger charge is 2.35. The van der Waals surface area contributed by atoms with E-state index < -0.39 is 0 Å². The summed E-state index contributed by atoms with van der Waals surface area (Å²) in [6.07, 6.45) is 5.66. The van der Waals surface area contributed by atoms with Crippen molar-refractivity contribution in [1.29, 1.82) is 0 Å². The Morgan fingerprint density at radius 3 is 2.59 bits per heavy atom. The maximum absolute atomic E-state index is 12.6. The molecule has 0 aromatic heterocycles. The minimum absolute atomic E-state index is 0.114. The SMILES string of the molecule is O=C(Nc1cccc(COCC2CCCCO2)c1)N1CCN(C(=O)C2CC2)CC1. The molecule has 0 radical (unpaired) electrons. The van der Waals surface area contributed by atoms with E-state index in [1.165, 1.54) is 6.42 Å². The van der Waals surface area contributed by atoms with Crippen LogP contribution in [0, 0.1) is 5.92 Å². The van der Waals surface area contributed by atoms with E-state index in [9.17, 15) is 9.59 Å². The van der Waals surface area contributed by atoms with Crippen molar-refractivity contribution in [2.24, 2.45) is 5.92 Å². The van der Waals surface area contributed by atoms with Crippen LogP contribution in [0.2, 0.25) is 0 Å². The van der Waals surface area contributed by atoms with Crippen LogP contribution >= 0.6 is 0 Å². The fourth-order valence-electron chi connectivity index (χ4n) is 3.91. The highest BCUT2D eigenvalue weighted by molar-refractivity contribution is 5.89. The molecule has 2 heterocycles. The maximum Gasteiger partial charge on any atom is 0.321 e. The Morgan fingerprint density at radius 1 is 1.07 bits per heavy atom.